The summed E-state index contributed by atoms with van der Waals surface area (Å²) in [4.78, 5) is 14.8. The van der Waals surface area contributed by atoms with Crippen molar-refractivity contribution in [2.75, 3.05) is 4.90 Å². The van der Waals surface area contributed by atoms with Crippen molar-refractivity contribution < 1.29 is 9.53 Å². The molecule has 0 aromatic heterocycles. The van der Waals surface area contributed by atoms with Gasteiger partial charge in [0.15, 0.2) is 0 Å². The number of fused-ring (bicyclic) bond motifs is 1. The molecule has 2 aromatic rings. The van der Waals surface area contributed by atoms with Gasteiger partial charge < -0.3 is 4.74 Å². The molecule has 0 radical (unpaired) electrons. The Balaban J connectivity index is 2.06. The molecule has 0 saturated carbocycles. The van der Waals surface area contributed by atoms with E-state index in [9.17, 15) is 4.79 Å². The molecule has 0 N–H and O–H groups in total. The Labute approximate surface area is 137 Å². The predicted molar refractivity (Wildman–Crippen MR) is 92.7 cm³/mol. The monoisotopic (exact) mass is 309 g/mol. The van der Waals surface area contributed by atoms with Crippen LogP contribution in [-0.4, -0.2) is 17.6 Å². The highest BCUT2D eigenvalue weighted by atomic mass is 16.5. The van der Waals surface area contributed by atoms with Gasteiger partial charge in [-0.05, 0) is 51.5 Å². The lowest BCUT2D eigenvalue weighted by molar-refractivity contribution is -0.0613. The lowest BCUT2D eigenvalue weighted by Gasteiger charge is -2.34. The summed E-state index contributed by atoms with van der Waals surface area (Å²) in [6.07, 6.45) is -0.109. The smallest absolute Gasteiger partial charge is 0.259 e. The van der Waals surface area contributed by atoms with Crippen LogP contribution in [-0.2, 0) is 4.74 Å². The van der Waals surface area contributed by atoms with Gasteiger partial charge in [-0.25, -0.2) is 0 Å². The van der Waals surface area contributed by atoms with E-state index in [1.165, 1.54) is 0 Å². The minimum absolute atomic E-state index is 0.0427. The first-order valence-corrected chi connectivity index (χ1v) is 8.04. The van der Waals surface area contributed by atoms with Crippen molar-refractivity contribution in [1.82, 2.24) is 0 Å². The number of anilines is 1. The third kappa shape index (κ3) is 3.02. The van der Waals surface area contributed by atoms with Crippen LogP contribution >= 0.6 is 0 Å². The Hall–Kier alpha value is -2.13. The minimum atomic E-state index is -0.262. The molecule has 3 heteroatoms. The summed E-state index contributed by atoms with van der Waals surface area (Å²) in [5.74, 6) is 0.0427. The van der Waals surface area contributed by atoms with Crippen LogP contribution in [0.5, 0.6) is 0 Å². The average molecular weight is 309 g/mol. The van der Waals surface area contributed by atoms with E-state index in [-0.39, 0.29) is 23.7 Å². The summed E-state index contributed by atoms with van der Waals surface area (Å²) in [5, 5.41) is 0. The van der Waals surface area contributed by atoms with Crippen molar-refractivity contribution in [3.8, 4) is 0 Å². The third-order valence-corrected chi connectivity index (χ3v) is 4.03. The number of hydrogen-bond acceptors (Lipinski definition) is 2. The predicted octanol–water partition coefficient (Wildman–Crippen LogP) is 4.59. The molecule has 2 atom stereocenters. The van der Waals surface area contributed by atoms with E-state index in [1.807, 2.05) is 87.2 Å². The van der Waals surface area contributed by atoms with E-state index in [1.54, 1.807) is 0 Å². The van der Waals surface area contributed by atoms with E-state index in [0.29, 0.717) is 0 Å². The maximum atomic E-state index is 12.9. The molecule has 1 aliphatic rings. The Bertz CT molecular complexity index is 703. The average Bonchev–Trinajstić information content (AvgIpc) is 2.80. The number of benzene rings is 2. The van der Waals surface area contributed by atoms with Gasteiger partial charge in [0.2, 0.25) is 0 Å². The van der Waals surface area contributed by atoms with Crippen LogP contribution in [0.4, 0.5) is 5.69 Å². The van der Waals surface area contributed by atoms with Crippen LogP contribution in [0.2, 0.25) is 0 Å². The van der Waals surface area contributed by atoms with Gasteiger partial charge in [0.1, 0.15) is 0 Å². The highest BCUT2D eigenvalue weighted by molar-refractivity contribution is 6.11. The maximum absolute atomic E-state index is 12.9. The first-order valence-electron chi connectivity index (χ1n) is 8.04. The molecule has 3 nitrogen and oxygen atoms in total. The molecule has 1 heterocycles. The number of rotatable bonds is 3. The van der Waals surface area contributed by atoms with Crippen LogP contribution in [0.25, 0.3) is 0 Å². The fraction of sp³-hybridized carbons (Fsp3) is 0.350. The molecule has 0 aliphatic carbocycles. The highest BCUT2D eigenvalue weighted by Crippen LogP contribution is 2.40. The number of hydrogen-bond donors (Lipinski definition) is 0. The number of amides is 1. The topological polar surface area (TPSA) is 29.5 Å². The van der Waals surface area contributed by atoms with Crippen molar-refractivity contribution in [2.24, 2.45) is 0 Å². The molecule has 1 amide bonds. The zero-order chi connectivity index (χ0) is 16.6. The number of nitrogens with zero attached hydrogens (tertiary/aromatic N) is 1. The van der Waals surface area contributed by atoms with Gasteiger partial charge in [0.25, 0.3) is 5.91 Å². The van der Waals surface area contributed by atoms with E-state index >= 15 is 0 Å². The Kier molecular flexibility index (Phi) is 3.99. The lowest BCUT2D eigenvalue weighted by atomic mass is 10.00. The lowest BCUT2D eigenvalue weighted by Crippen LogP contribution is -2.38. The van der Waals surface area contributed by atoms with Gasteiger partial charge in [-0.1, -0.05) is 36.4 Å². The van der Waals surface area contributed by atoms with Crippen molar-refractivity contribution in [3.63, 3.8) is 0 Å². The summed E-state index contributed by atoms with van der Waals surface area (Å²) in [5.41, 5.74) is 2.45. The molecule has 0 spiro atoms. The summed E-state index contributed by atoms with van der Waals surface area (Å²) in [6.45, 7) is 8.17. The van der Waals surface area contributed by atoms with Crippen molar-refractivity contribution in [1.29, 1.82) is 0 Å². The van der Waals surface area contributed by atoms with Gasteiger partial charge in [-0.2, -0.15) is 0 Å². The second kappa shape index (κ2) is 5.82. The summed E-state index contributed by atoms with van der Waals surface area (Å²) in [6, 6.07) is 17.5. The minimum Gasteiger partial charge on any atom is -0.370 e. The molecular formula is C20H23NO2. The van der Waals surface area contributed by atoms with Crippen LogP contribution < -0.4 is 4.90 Å². The summed E-state index contributed by atoms with van der Waals surface area (Å²) < 4.78 is 6.18. The maximum Gasteiger partial charge on any atom is 0.259 e. The molecule has 0 fully saturated rings. The molecule has 1 aliphatic heterocycles. The Morgan fingerprint density at radius 2 is 1.61 bits per heavy atom. The van der Waals surface area contributed by atoms with E-state index in [2.05, 4.69) is 0 Å². The van der Waals surface area contributed by atoms with Gasteiger partial charge in [-0.15, -0.1) is 0 Å². The number of ether oxygens (including phenoxy) is 1. The highest BCUT2D eigenvalue weighted by Gasteiger charge is 2.41. The third-order valence-electron chi connectivity index (χ3n) is 4.03. The van der Waals surface area contributed by atoms with Crippen LogP contribution in [0, 0.1) is 0 Å². The van der Waals surface area contributed by atoms with Crippen LogP contribution in [0.1, 0.15) is 49.7 Å². The van der Waals surface area contributed by atoms with Crippen molar-refractivity contribution in [2.45, 2.75) is 45.4 Å². The number of carbonyl (C=O) groups is 1. The van der Waals surface area contributed by atoms with Gasteiger partial charge in [0.05, 0.1) is 17.7 Å². The van der Waals surface area contributed by atoms with Gasteiger partial charge >= 0.3 is 0 Å². The van der Waals surface area contributed by atoms with E-state index in [4.69, 9.17) is 4.74 Å². The second-order valence-electron chi connectivity index (χ2n) is 6.98. The molecule has 0 bridgehead atoms. The zero-order valence-corrected chi connectivity index (χ0v) is 14.1. The van der Waals surface area contributed by atoms with E-state index in [0.717, 1.165) is 16.8 Å². The summed E-state index contributed by atoms with van der Waals surface area (Å²) in [7, 11) is 0. The van der Waals surface area contributed by atoms with Crippen LogP contribution in [0.3, 0.4) is 0 Å². The molecular weight excluding hydrogens is 286 g/mol. The van der Waals surface area contributed by atoms with E-state index < -0.39 is 0 Å². The van der Waals surface area contributed by atoms with Crippen molar-refractivity contribution in [3.05, 3.63) is 65.7 Å². The fourth-order valence-corrected chi connectivity index (χ4v) is 3.30. The quantitative estimate of drug-likeness (QED) is 0.830. The molecule has 2 unspecified atom stereocenters. The SMILES string of the molecule is CC(OC(C)(C)C)C1c2ccccc2C(=O)N1c1ccccc1. The van der Waals surface area contributed by atoms with Crippen LogP contribution in [0.15, 0.2) is 54.6 Å². The second-order valence-corrected chi connectivity index (χ2v) is 6.98. The van der Waals surface area contributed by atoms with Gasteiger partial charge in [0, 0.05) is 11.3 Å². The number of carbonyl (C=O) groups excluding carboxylic acids is 1. The summed E-state index contributed by atoms with van der Waals surface area (Å²) >= 11 is 0. The molecule has 0 saturated heterocycles. The first-order chi connectivity index (χ1) is 10.9. The molecule has 23 heavy (non-hydrogen) atoms. The molecule has 2 aromatic carbocycles. The Morgan fingerprint density at radius 3 is 2.26 bits per heavy atom. The standard InChI is InChI=1S/C20H23NO2/c1-14(23-20(2,3)4)18-16-12-8-9-13-17(16)19(22)21(18)15-10-6-5-7-11-15/h5-14,18H,1-4H3. The normalized spacial score (nSPS) is 18.9. The Morgan fingerprint density at radius 1 is 1.00 bits per heavy atom. The number of para-hydroxylation sites is 1. The largest absolute Gasteiger partial charge is 0.370 e. The molecule has 3 rings (SSSR count). The zero-order valence-electron chi connectivity index (χ0n) is 14.1. The van der Waals surface area contributed by atoms with Gasteiger partial charge in [-0.3, -0.25) is 9.69 Å². The van der Waals surface area contributed by atoms with Crippen molar-refractivity contribution >= 4 is 11.6 Å². The fourth-order valence-electron chi connectivity index (χ4n) is 3.30. The first kappa shape index (κ1) is 15.8. The molecule has 120 valence electrons.